The van der Waals surface area contributed by atoms with Crippen LogP contribution >= 0.6 is 12.2 Å². The van der Waals surface area contributed by atoms with Crippen LogP contribution < -0.4 is 5.32 Å². The number of hydrogen-bond acceptors (Lipinski definition) is 3. The van der Waals surface area contributed by atoms with E-state index in [0.29, 0.717) is 6.04 Å². The number of aromatic nitrogens is 3. The summed E-state index contributed by atoms with van der Waals surface area (Å²) in [6.07, 6.45) is 8.09. The second-order valence-corrected chi connectivity index (χ2v) is 8.42. The monoisotopic (exact) mass is 403 g/mol. The molecule has 4 heterocycles. The van der Waals surface area contributed by atoms with Crippen LogP contribution in [0, 0.1) is 13.8 Å². The zero-order valence-corrected chi connectivity index (χ0v) is 17.6. The maximum Gasteiger partial charge on any atom is 0.170 e. The molecule has 3 aromatic rings. The molecule has 1 N–H and O–H groups in total. The fourth-order valence-electron chi connectivity index (χ4n) is 4.60. The van der Waals surface area contributed by atoms with Crippen molar-refractivity contribution in [2.75, 3.05) is 0 Å². The Balaban J connectivity index is 1.59. The lowest BCUT2D eigenvalue weighted by Gasteiger charge is -2.28. The molecule has 1 saturated heterocycles. The van der Waals surface area contributed by atoms with Gasteiger partial charge in [-0.15, -0.1) is 0 Å². The molecule has 1 aliphatic heterocycles. The van der Waals surface area contributed by atoms with E-state index in [2.05, 4.69) is 62.9 Å². The van der Waals surface area contributed by atoms with E-state index < -0.39 is 0 Å². The van der Waals surface area contributed by atoms with E-state index in [1.807, 2.05) is 30.7 Å². The van der Waals surface area contributed by atoms with Gasteiger partial charge < -0.3 is 14.8 Å². The highest BCUT2D eigenvalue weighted by atomic mass is 32.1. The smallest absolute Gasteiger partial charge is 0.170 e. The molecular formula is C23H25N5S. The van der Waals surface area contributed by atoms with Gasteiger partial charge in [-0.25, -0.2) is 0 Å². The zero-order chi connectivity index (χ0) is 20.0. The number of thiocarbonyl (C=S) groups is 1. The van der Waals surface area contributed by atoms with E-state index in [1.165, 1.54) is 35.4 Å². The van der Waals surface area contributed by atoms with Crippen molar-refractivity contribution in [3.05, 3.63) is 83.2 Å². The van der Waals surface area contributed by atoms with Gasteiger partial charge in [-0.3, -0.25) is 9.97 Å². The summed E-state index contributed by atoms with van der Waals surface area (Å²) in [5, 5.41) is 4.34. The summed E-state index contributed by atoms with van der Waals surface area (Å²) in [5.41, 5.74) is 6.25. The van der Waals surface area contributed by atoms with Crippen molar-refractivity contribution in [1.29, 1.82) is 0 Å². The Morgan fingerprint density at radius 3 is 2.59 bits per heavy atom. The summed E-state index contributed by atoms with van der Waals surface area (Å²) in [5.74, 6) is 0. The Bertz CT molecular complexity index is 1030. The van der Waals surface area contributed by atoms with Crippen LogP contribution in [0.2, 0.25) is 0 Å². The van der Waals surface area contributed by atoms with Crippen LogP contribution in [-0.2, 0) is 6.54 Å². The highest BCUT2D eigenvalue weighted by Gasteiger charge is 2.42. The van der Waals surface area contributed by atoms with Crippen LogP contribution in [0.25, 0.3) is 0 Å². The molecule has 2 atom stereocenters. The van der Waals surface area contributed by atoms with Crippen molar-refractivity contribution in [2.45, 2.75) is 51.4 Å². The van der Waals surface area contributed by atoms with Gasteiger partial charge in [-0.2, -0.15) is 0 Å². The minimum absolute atomic E-state index is 0.0266. The lowest BCUT2D eigenvalue weighted by Crippen LogP contribution is -2.29. The number of nitrogens with one attached hydrogen (secondary N) is 1. The van der Waals surface area contributed by atoms with Crippen LogP contribution in [0.3, 0.4) is 0 Å². The number of hydrogen-bond donors (Lipinski definition) is 1. The topological polar surface area (TPSA) is 46.0 Å². The van der Waals surface area contributed by atoms with Gasteiger partial charge in [0, 0.05) is 42.6 Å². The molecule has 6 heteroatoms. The molecule has 1 aliphatic carbocycles. The second-order valence-electron chi connectivity index (χ2n) is 8.04. The van der Waals surface area contributed by atoms with Crippen LogP contribution in [0.5, 0.6) is 0 Å². The van der Waals surface area contributed by atoms with E-state index in [-0.39, 0.29) is 12.1 Å². The maximum atomic E-state index is 5.81. The molecule has 148 valence electrons. The molecule has 1 saturated carbocycles. The Hall–Kier alpha value is -2.73. The summed E-state index contributed by atoms with van der Waals surface area (Å²) < 4.78 is 2.51. The van der Waals surface area contributed by atoms with Crippen molar-refractivity contribution in [3.63, 3.8) is 0 Å². The normalized spacial score (nSPS) is 21.4. The molecule has 3 aromatic heterocycles. The number of aryl methyl sites for hydroxylation is 1. The molecule has 0 radical (unpaired) electrons. The number of rotatable bonds is 5. The van der Waals surface area contributed by atoms with Crippen molar-refractivity contribution in [1.82, 2.24) is 24.8 Å². The molecule has 5 rings (SSSR count). The first-order valence-corrected chi connectivity index (χ1v) is 10.6. The molecule has 2 fully saturated rings. The SMILES string of the molecule is Cc1cc([C@H]2[C@@H](c3ccccn3)NC(=S)N2Cc2ccncc2)c(C)n1C1CC1. The quantitative estimate of drug-likeness (QED) is 0.640. The van der Waals surface area contributed by atoms with Gasteiger partial charge in [0.1, 0.15) is 0 Å². The average molecular weight is 404 g/mol. The van der Waals surface area contributed by atoms with Gasteiger partial charge in [0.15, 0.2) is 5.11 Å². The molecule has 0 bridgehead atoms. The molecule has 0 spiro atoms. The fraction of sp³-hybridized carbons (Fsp3) is 0.348. The lowest BCUT2D eigenvalue weighted by molar-refractivity contribution is 0.309. The van der Waals surface area contributed by atoms with Gasteiger partial charge >= 0.3 is 0 Å². The highest BCUT2D eigenvalue weighted by molar-refractivity contribution is 7.80. The predicted octanol–water partition coefficient (Wildman–Crippen LogP) is 4.40. The standard InChI is InChI=1S/C23H25N5S/c1-15-13-19(16(2)28(15)18-6-7-18)22-21(20-5-3-4-10-25-20)26-23(29)27(22)14-17-8-11-24-12-9-17/h3-5,8-13,18,21-22H,6-7,14H2,1-2H3,(H,26,29)/t21-,22+/m1/s1. The van der Waals surface area contributed by atoms with Crippen LogP contribution in [-0.4, -0.2) is 24.5 Å². The molecular weight excluding hydrogens is 378 g/mol. The first-order valence-electron chi connectivity index (χ1n) is 10.2. The summed E-state index contributed by atoms with van der Waals surface area (Å²) in [7, 11) is 0. The minimum atomic E-state index is 0.0266. The van der Waals surface area contributed by atoms with Crippen LogP contribution in [0.4, 0.5) is 0 Å². The third-order valence-corrected chi connectivity index (χ3v) is 6.41. The van der Waals surface area contributed by atoms with Crippen molar-refractivity contribution in [2.24, 2.45) is 0 Å². The van der Waals surface area contributed by atoms with E-state index in [9.17, 15) is 0 Å². The maximum absolute atomic E-state index is 5.81. The summed E-state index contributed by atoms with van der Waals surface area (Å²) in [6.45, 7) is 5.22. The Labute approximate surface area is 176 Å². The van der Waals surface area contributed by atoms with Gasteiger partial charge in [-0.05, 0) is 80.4 Å². The Kier molecular flexibility index (Phi) is 4.59. The largest absolute Gasteiger partial charge is 0.352 e. The van der Waals surface area contributed by atoms with Gasteiger partial charge in [0.05, 0.1) is 17.8 Å². The predicted molar refractivity (Wildman–Crippen MR) is 117 cm³/mol. The zero-order valence-electron chi connectivity index (χ0n) is 16.7. The van der Waals surface area contributed by atoms with Gasteiger partial charge in [0.2, 0.25) is 0 Å². The summed E-state index contributed by atoms with van der Waals surface area (Å²) in [4.78, 5) is 11.1. The third kappa shape index (κ3) is 3.31. The highest BCUT2D eigenvalue weighted by Crippen LogP contribution is 2.44. The Morgan fingerprint density at radius 1 is 1.10 bits per heavy atom. The van der Waals surface area contributed by atoms with Gasteiger partial charge in [0.25, 0.3) is 0 Å². The number of pyridine rings is 2. The minimum Gasteiger partial charge on any atom is -0.352 e. The summed E-state index contributed by atoms with van der Waals surface area (Å²) in [6, 6.07) is 13.3. The molecule has 0 aromatic carbocycles. The van der Waals surface area contributed by atoms with Gasteiger partial charge in [-0.1, -0.05) is 6.07 Å². The van der Waals surface area contributed by atoms with Crippen molar-refractivity contribution >= 4 is 17.3 Å². The summed E-state index contributed by atoms with van der Waals surface area (Å²) >= 11 is 5.81. The molecule has 0 unspecified atom stereocenters. The van der Waals surface area contributed by atoms with Crippen molar-refractivity contribution in [3.8, 4) is 0 Å². The molecule has 5 nitrogen and oxygen atoms in total. The molecule has 2 aliphatic rings. The van der Waals surface area contributed by atoms with E-state index in [4.69, 9.17) is 12.2 Å². The third-order valence-electron chi connectivity index (χ3n) is 6.05. The van der Waals surface area contributed by atoms with Crippen molar-refractivity contribution < 1.29 is 0 Å². The second kappa shape index (κ2) is 7.26. The fourth-order valence-corrected chi connectivity index (χ4v) is 4.90. The number of nitrogens with zero attached hydrogens (tertiary/aromatic N) is 4. The van der Waals surface area contributed by atoms with E-state index >= 15 is 0 Å². The van der Waals surface area contributed by atoms with Crippen LogP contribution in [0.1, 0.15) is 59.2 Å². The molecule has 0 amide bonds. The molecule has 29 heavy (non-hydrogen) atoms. The Morgan fingerprint density at radius 2 is 1.90 bits per heavy atom. The first kappa shape index (κ1) is 18.3. The van der Waals surface area contributed by atoms with E-state index in [0.717, 1.165) is 17.4 Å². The lowest BCUT2D eigenvalue weighted by atomic mass is 9.96. The first-order chi connectivity index (χ1) is 14.1. The van der Waals surface area contributed by atoms with E-state index in [1.54, 1.807) is 0 Å². The van der Waals surface area contributed by atoms with Crippen LogP contribution in [0.15, 0.2) is 55.0 Å². The average Bonchev–Trinajstić information content (AvgIpc) is 3.46.